The van der Waals surface area contributed by atoms with Crippen molar-refractivity contribution in [3.8, 4) is 0 Å². The smallest absolute Gasteiger partial charge is 0.109 e. The number of imidazole rings is 1. The highest BCUT2D eigenvalue weighted by Crippen LogP contribution is 2.28. The molecule has 0 bridgehead atoms. The fourth-order valence-corrected chi connectivity index (χ4v) is 2.59. The molecule has 1 saturated carbocycles. The second kappa shape index (κ2) is 6.04. The van der Waals surface area contributed by atoms with Crippen molar-refractivity contribution in [3.05, 3.63) is 17.7 Å². The fourth-order valence-electron chi connectivity index (χ4n) is 2.59. The van der Waals surface area contributed by atoms with Crippen molar-refractivity contribution in [2.24, 2.45) is 0 Å². The maximum Gasteiger partial charge on any atom is 0.109 e. The molecule has 0 amide bonds. The molecule has 1 fully saturated rings. The van der Waals surface area contributed by atoms with Crippen LogP contribution in [0.4, 0.5) is 0 Å². The van der Waals surface area contributed by atoms with Crippen LogP contribution in [0.25, 0.3) is 0 Å². The summed E-state index contributed by atoms with van der Waals surface area (Å²) in [6, 6.07) is 0. The van der Waals surface area contributed by atoms with Crippen LogP contribution in [0.3, 0.4) is 0 Å². The Kier molecular flexibility index (Phi) is 4.40. The van der Waals surface area contributed by atoms with Gasteiger partial charge >= 0.3 is 0 Å². The molecule has 16 heavy (non-hydrogen) atoms. The number of hydrogen-bond donors (Lipinski definition) is 2. The summed E-state index contributed by atoms with van der Waals surface area (Å²) in [4.78, 5) is 7.99. The van der Waals surface area contributed by atoms with Crippen molar-refractivity contribution in [2.45, 2.75) is 57.4 Å². The number of nitrogens with zero attached hydrogens (tertiary/aromatic N) is 1. The molecule has 1 aromatic heterocycles. The number of H-pyrrole nitrogens is 1. The second-order valence-electron chi connectivity index (χ2n) is 4.87. The van der Waals surface area contributed by atoms with Crippen LogP contribution in [0.2, 0.25) is 0 Å². The van der Waals surface area contributed by atoms with Crippen LogP contribution in [-0.4, -0.2) is 17.0 Å². The lowest BCUT2D eigenvalue weighted by Gasteiger charge is -2.17. The lowest BCUT2D eigenvalue weighted by atomic mass is 9.91. The third-order valence-corrected chi connectivity index (χ3v) is 3.51. The number of aromatic nitrogens is 2. The average molecular weight is 221 g/mol. The van der Waals surface area contributed by atoms with Gasteiger partial charge in [0, 0.05) is 24.4 Å². The highest BCUT2D eigenvalue weighted by Gasteiger charge is 2.16. The van der Waals surface area contributed by atoms with Crippen molar-refractivity contribution in [3.63, 3.8) is 0 Å². The topological polar surface area (TPSA) is 40.7 Å². The molecule has 0 saturated heterocycles. The molecule has 0 aromatic carbocycles. The maximum absolute atomic E-state index is 4.54. The Morgan fingerprint density at radius 3 is 2.62 bits per heavy atom. The highest BCUT2D eigenvalue weighted by atomic mass is 15.0. The summed E-state index contributed by atoms with van der Waals surface area (Å²) in [6.45, 7) is 0.889. The van der Waals surface area contributed by atoms with Gasteiger partial charge < -0.3 is 10.3 Å². The molecule has 1 aliphatic rings. The summed E-state index contributed by atoms with van der Waals surface area (Å²) in [5.74, 6) is 1.89. The first-order valence-electron chi connectivity index (χ1n) is 6.58. The van der Waals surface area contributed by atoms with E-state index in [0.29, 0.717) is 5.92 Å². The Labute approximate surface area is 98.1 Å². The van der Waals surface area contributed by atoms with Gasteiger partial charge in [0.15, 0.2) is 0 Å². The van der Waals surface area contributed by atoms with E-state index in [9.17, 15) is 0 Å². The summed E-state index contributed by atoms with van der Waals surface area (Å²) in [5.41, 5.74) is 1.21. The van der Waals surface area contributed by atoms with E-state index in [1.807, 2.05) is 13.2 Å². The molecule has 90 valence electrons. The van der Waals surface area contributed by atoms with Crippen molar-refractivity contribution < 1.29 is 0 Å². The van der Waals surface area contributed by atoms with Crippen LogP contribution >= 0.6 is 0 Å². The molecular weight excluding hydrogens is 198 g/mol. The van der Waals surface area contributed by atoms with Gasteiger partial charge in [0.2, 0.25) is 0 Å². The van der Waals surface area contributed by atoms with Crippen molar-refractivity contribution in [1.29, 1.82) is 0 Å². The molecule has 1 heterocycles. The average Bonchev–Trinajstić information content (AvgIpc) is 2.66. The van der Waals surface area contributed by atoms with E-state index < -0.39 is 0 Å². The molecule has 2 rings (SSSR count). The predicted octanol–water partition coefficient (Wildman–Crippen LogP) is 2.96. The molecule has 1 aliphatic carbocycles. The Balaban J connectivity index is 1.97. The highest BCUT2D eigenvalue weighted by molar-refractivity contribution is 5.05. The fraction of sp³-hybridized carbons (Fsp3) is 0.769. The van der Waals surface area contributed by atoms with Crippen molar-refractivity contribution in [2.75, 3.05) is 7.05 Å². The number of rotatable bonds is 3. The van der Waals surface area contributed by atoms with Gasteiger partial charge in [-0.3, -0.25) is 0 Å². The van der Waals surface area contributed by atoms with Gasteiger partial charge in [-0.05, 0) is 19.9 Å². The van der Waals surface area contributed by atoms with Crippen LogP contribution in [0, 0.1) is 0 Å². The van der Waals surface area contributed by atoms with E-state index >= 15 is 0 Å². The first-order valence-corrected chi connectivity index (χ1v) is 6.58. The van der Waals surface area contributed by atoms with Crippen LogP contribution in [0.5, 0.6) is 0 Å². The minimum atomic E-state index is 0.672. The van der Waals surface area contributed by atoms with Gasteiger partial charge in [-0.2, -0.15) is 0 Å². The number of hydrogen-bond acceptors (Lipinski definition) is 2. The van der Waals surface area contributed by atoms with Crippen molar-refractivity contribution in [1.82, 2.24) is 15.3 Å². The van der Waals surface area contributed by atoms with Crippen LogP contribution in [-0.2, 0) is 6.54 Å². The Morgan fingerprint density at radius 1 is 1.25 bits per heavy atom. The summed E-state index contributed by atoms with van der Waals surface area (Å²) < 4.78 is 0. The van der Waals surface area contributed by atoms with E-state index in [-0.39, 0.29) is 0 Å². The zero-order valence-corrected chi connectivity index (χ0v) is 10.3. The zero-order valence-electron chi connectivity index (χ0n) is 10.3. The first kappa shape index (κ1) is 11.6. The number of nitrogens with one attached hydrogen (secondary N) is 2. The minimum Gasteiger partial charge on any atom is -0.345 e. The largest absolute Gasteiger partial charge is 0.345 e. The minimum absolute atomic E-state index is 0.672. The maximum atomic E-state index is 4.54. The molecule has 3 nitrogen and oxygen atoms in total. The lowest BCUT2D eigenvalue weighted by Crippen LogP contribution is -2.07. The molecular formula is C13H23N3. The van der Waals surface area contributed by atoms with Gasteiger partial charge in [0.25, 0.3) is 0 Å². The van der Waals surface area contributed by atoms with Gasteiger partial charge in [-0.1, -0.05) is 32.1 Å². The van der Waals surface area contributed by atoms with Gasteiger partial charge in [0.1, 0.15) is 5.82 Å². The normalized spacial score (nSPS) is 19.3. The third-order valence-electron chi connectivity index (χ3n) is 3.51. The molecule has 0 spiro atoms. The molecule has 1 aromatic rings. The Bertz CT molecular complexity index is 298. The summed E-state index contributed by atoms with van der Waals surface area (Å²) in [6.07, 6.45) is 11.6. The standard InChI is InChI=1S/C13H23N3/c1-14-9-12-10-15-13(16-12)11-7-5-3-2-4-6-8-11/h10-11,14H,2-9H2,1H3,(H,15,16). The van der Waals surface area contributed by atoms with E-state index in [0.717, 1.165) is 6.54 Å². The third kappa shape index (κ3) is 3.08. The molecule has 0 radical (unpaired) electrons. The van der Waals surface area contributed by atoms with E-state index in [1.165, 1.54) is 56.5 Å². The lowest BCUT2D eigenvalue weighted by molar-refractivity contribution is 0.444. The Morgan fingerprint density at radius 2 is 1.94 bits per heavy atom. The molecule has 0 atom stereocenters. The van der Waals surface area contributed by atoms with Crippen LogP contribution in [0.15, 0.2) is 6.20 Å². The summed E-state index contributed by atoms with van der Waals surface area (Å²) >= 11 is 0. The van der Waals surface area contributed by atoms with Crippen molar-refractivity contribution >= 4 is 0 Å². The molecule has 2 N–H and O–H groups in total. The first-order chi connectivity index (χ1) is 7.90. The molecule has 0 unspecified atom stereocenters. The number of aromatic amines is 1. The summed E-state index contributed by atoms with van der Waals surface area (Å²) in [7, 11) is 1.97. The predicted molar refractivity (Wildman–Crippen MR) is 66.4 cm³/mol. The quantitative estimate of drug-likeness (QED) is 0.824. The monoisotopic (exact) mass is 221 g/mol. The van der Waals surface area contributed by atoms with Crippen LogP contribution in [0.1, 0.15) is 62.4 Å². The second-order valence-corrected chi connectivity index (χ2v) is 4.87. The van der Waals surface area contributed by atoms with E-state index in [1.54, 1.807) is 0 Å². The van der Waals surface area contributed by atoms with Gasteiger partial charge in [-0.25, -0.2) is 4.98 Å². The summed E-state index contributed by atoms with van der Waals surface area (Å²) in [5, 5.41) is 3.15. The van der Waals surface area contributed by atoms with E-state index in [4.69, 9.17) is 0 Å². The molecule has 0 aliphatic heterocycles. The Hall–Kier alpha value is -0.830. The van der Waals surface area contributed by atoms with Gasteiger partial charge in [0.05, 0.1) is 0 Å². The molecule has 3 heteroatoms. The zero-order chi connectivity index (χ0) is 11.2. The van der Waals surface area contributed by atoms with Gasteiger partial charge in [-0.15, -0.1) is 0 Å². The van der Waals surface area contributed by atoms with E-state index in [2.05, 4.69) is 15.3 Å². The van der Waals surface area contributed by atoms with Crippen LogP contribution < -0.4 is 5.32 Å². The SMILES string of the molecule is CNCc1cnc(C2CCCCCCC2)[nH]1.